The third kappa shape index (κ3) is 3.06. The van der Waals surface area contributed by atoms with Crippen molar-refractivity contribution in [1.29, 1.82) is 0 Å². The van der Waals surface area contributed by atoms with Gasteiger partial charge in [-0.25, -0.2) is 9.50 Å². The normalized spacial score (nSPS) is 12.4. The maximum Gasteiger partial charge on any atom is 0.272 e. The number of hydrogen-bond acceptors (Lipinski definition) is 5. The van der Waals surface area contributed by atoms with E-state index in [1.807, 2.05) is 11.9 Å². The molecule has 3 N–H and O–H groups in total. The smallest absolute Gasteiger partial charge is 0.272 e. The Balaban J connectivity index is 2.13. The van der Waals surface area contributed by atoms with Crippen LogP contribution in [0.4, 0.5) is 0 Å². The number of nitrogens with one attached hydrogen (secondary N) is 1. The largest absolute Gasteiger partial charge is 0.396 e. The molecule has 2 aromatic rings. The van der Waals surface area contributed by atoms with E-state index >= 15 is 0 Å². The molecule has 2 aromatic heterocycles. The zero-order valence-electron chi connectivity index (χ0n) is 11.7. The van der Waals surface area contributed by atoms with Gasteiger partial charge in [-0.15, -0.1) is 0 Å². The third-order valence-electron chi connectivity index (χ3n) is 3.28. The number of aliphatic hydroxyl groups excluding tert-OH is 2. The summed E-state index contributed by atoms with van der Waals surface area (Å²) in [5, 5.41) is 21.4. The van der Waals surface area contributed by atoms with Crippen molar-refractivity contribution in [3.63, 3.8) is 0 Å². The predicted octanol–water partition coefficient (Wildman–Crippen LogP) is -0.555. The standard InChI is InChI=1S/C13H20N4O3/c1-13(8-18,9-19)7-16(2)6-10-5-12(20)17-11(15-10)3-4-14-17/h3-5,14,18-19H,6-9H2,1-2H3. The molecule has 0 spiro atoms. The van der Waals surface area contributed by atoms with E-state index < -0.39 is 5.41 Å². The van der Waals surface area contributed by atoms with Gasteiger partial charge in [0.2, 0.25) is 0 Å². The summed E-state index contributed by atoms with van der Waals surface area (Å²) in [6.45, 7) is 2.60. The molecule has 20 heavy (non-hydrogen) atoms. The van der Waals surface area contributed by atoms with Gasteiger partial charge in [0, 0.05) is 36.8 Å². The molecular formula is C13H20N4O3. The lowest BCUT2D eigenvalue weighted by atomic mass is 9.92. The molecule has 2 rings (SSSR count). The molecule has 0 aromatic carbocycles. The summed E-state index contributed by atoms with van der Waals surface area (Å²) in [5.74, 6) is 0. The van der Waals surface area contributed by atoms with E-state index in [0.29, 0.717) is 24.4 Å². The van der Waals surface area contributed by atoms with E-state index in [-0.39, 0.29) is 18.8 Å². The van der Waals surface area contributed by atoms with E-state index in [2.05, 4.69) is 10.1 Å². The van der Waals surface area contributed by atoms with Crippen molar-refractivity contribution in [3.8, 4) is 0 Å². The zero-order valence-corrected chi connectivity index (χ0v) is 11.7. The van der Waals surface area contributed by atoms with Crippen LogP contribution < -0.4 is 5.56 Å². The molecule has 0 fully saturated rings. The van der Waals surface area contributed by atoms with Gasteiger partial charge in [-0.3, -0.25) is 14.8 Å². The van der Waals surface area contributed by atoms with Crippen LogP contribution in [-0.4, -0.2) is 56.5 Å². The van der Waals surface area contributed by atoms with Crippen LogP contribution in [0.1, 0.15) is 12.6 Å². The minimum atomic E-state index is -0.567. The van der Waals surface area contributed by atoms with Crippen LogP contribution in [0.2, 0.25) is 0 Å². The maximum absolute atomic E-state index is 11.8. The summed E-state index contributed by atoms with van der Waals surface area (Å²) in [5.41, 5.74) is 0.515. The minimum absolute atomic E-state index is 0.0965. The maximum atomic E-state index is 11.8. The lowest BCUT2D eigenvalue weighted by molar-refractivity contribution is 0.0399. The van der Waals surface area contributed by atoms with E-state index in [1.165, 1.54) is 10.6 Å². The minimum Gasteiger partial charge on any atom is -0.396 e. The van der Waals surface area contributed by atoms with Crippen LogP contribution in [-0.2, 0) is 6.54 Å². The average Bonchev–Trinajstić information content (AvgIpc) is 2.87. The fraction of sp³-hybridized carbons (Fsp3) is 0.538. The van der Waals surface area contributed by atoms with Crippen molar-refractivity contribution in [3.05, 3.63) is 34.4 Å². The van der Waals surface area contributed by atoms with Crippen LogP contribution in [0.15, 0.2) is 23.1 Å². The quantitative estimate of drug-likeness (QED) is 0.660. The Hall–Kier alpha value is -1.70. The molecule has 0 saturated heterocycles. The fourth-order valence-corrected chi connectivity index (χ4v) is 2.19. The van der Waals surface area contributed by atoms with Crippen molar-refractivity contribution < 1.29 is 10.2 Å². The SMILES string of the molecule is CN(Cc1cc(=O)n2[nH]ccc2n1)CC(C)(CO)CO. The molecule has 0 saturated carbocycles. The van der Waals surface area contributed by atoms with Gasteiger partial charge in [-0.1, -0.05) is 6.92 Å². The molecule has 0 unspecified atom stereocenters. The summed E-state index contributed by atoms with van der Waals surface area (Å²) < 4.78 is 1.37. The molecule has 2 heterocycles. The summed E-state index contributed by atoms with van der Waals surface area (Å²) in [7, 11) is 1.87. The van der Waals surface area contributed by atoms with E-state index in [4.69, 9.17) is 0 Å². The van der Waals surface area contributed by atoms with Crippen molar-refractivity contribution in [2.45, 2.75) is 13.5 Å². The second-order valence-corrected chi connectivity index (χ2v) is 5.54. The lowest BCUT2D eigenvalue weighted by Crippen LogP contribution is -2.39. The van der Waals surface area contributed by atoms with Gasteiger partial charge < -0.3 is 10.2 Å². The second kappa shape index (κ2) is 5.74. The monoisotopic (exact) mass is 280 g/mol. The number of aliphatic hydroxyl groups is 2. The molecule has 0 amide bonds. The molecule has 7 nitrogen and oxygen atoms in total. The van der Waals surface area contributed by atoms with E-state index in [9.17, 15) is 15.0 Å². The summed E-state index contributed by atoms with van der Waals surface area (Å²) in [4.78, 5) is 18.1. The first-order chi connectivity index (χ1) is 9.47. The molecule has 0 radical (unpaired) electrons. The number of fused-ring (bicyclic) bond motifs is 1. The average molecular weight is 280 g/mol. The van der Waals surface area contributed by atoms with Gasteiger partial charge in [-0.2, -0.15) is 0 Å². The first-order valence-electron chi connectivity index (χ1n) is 6.44. The molecule has 110 valence electrons. The Kier molecular flexibility index (Phi) is 4.22. The fourth-order valence-electron chi connectivity index (χ4n) is 2.19. The van der Waals surface area contributed by atoms with Crippen LogP contribution in [0, 0.1) is 5.41 Å². The number of aromatic nitrogens is 3. The van der Waals surface area contributed by atoms with Crippen LogP contribution in [0.3, 0.4) is 0 Å². The Morgan fingerprint density at radius 2 is 2.15 bits per heavy atom. The third-order valence-corrected chi connectivity index (χ3v) is 3.28. The Bertz CT molecular complexity index is 630. The van der Waals surface area contributed by atoms with Gasteiger partial charge in [0.05, 0.1) is 18.9 Å². The first kappa shape index (κ1) is 14.7. The number of rotatable bonds is 6. The highest BCUT2D eigenvalue weighted by Crippen LogP contribution is 2.16. The van der Waals surface area contributed by atoms with Gasteiger partial charge in [-0.05, 0) is 7.05 Å². The van der Waals surface area contributed by atoms with Gasteiger partial charge in [0.1, 0.15) is 0 Å². The number of aromatic amines is 1. The van der Waals surface area contributed by atoms with Crippen LogP contribution >= 0.6 is 0 Å². The van der Waals surface area contributed by atoms with Gasteiger partial charge in [0.15, 0.2) is 5.65 Å². The number of hydrogen-bond donors (Lipinski definition) is 3. The lowest BCUT2D eigenvalue weighted by Gasteiger charge is -2.30. The zero-order chi connectivity index (χ0) is 14.8. The highest BCUT2D eigenvalue weighted by atomic mass is 16.3. The molecule has 0 aliphatic carbocycles. The molecule has 0 bridgehead atoms. The highest BCUT2D eigenvalue weighted by Gasteiger charge is 2.24. The number of nitrogens with zero attached hydrogens (tertiary/aromatic N) is 3. The van der Waals surface area contributed by atoms with Crippen LogP contribution in [0.25, 0.3) is 5.65 Å². The molecule has 0 atom stereocenters. The topological polar surface area (TPSA) is 93.9 Å². The summed E-state index contributed by atoms with van der Waals surface area (Å²) in [6.07, 6.45) is 1.66. The predicted molar refractivity (Wildman–Crippen MR) is 74.4 cm³/mol. The number of H-pyrrole nitrogens is 1. The summed E-state index contributed by atoms with van der Waals surface area (Å²) >= 11 is 0. The Morgan fingerprint density at radius 1 is 1.45 bits per heavy atom. The van der Waals surface area contributed by atoms with Crippen LogP contribution in [0.5, 0.6) is 0 Å². The Labute approximate surface area is 116 Å². The van der Waals surface area contributed by atoms with Crippen molar-refractivity contribution in [2.24, 2.45) is 5.41 Å². The first-order valence-corrected chi connectivity index (χ1v) is 6.44. The van der Waals surface area contributed by atoms with Gasteiger partial charge in [0.25, 0.3) is 5.56 Å². The van der Waals surface area contributed by atoms with E-state index in [1.54, 1.807) is 19.2 Å². The second-order valence-electron chi connectivity index (χ2n) is 5.54. The van der Waals surface area contributed by atoms with Crippen molar-refractivity contribution in [1.82, 2.24) is 19.5 Å². The van der Waals surface area contributed by atoms with E-state index in [0.717, 1.165) is 0 Å². The molecule has 0 aliphatic heterocycles. The van der Waals surface area contributed by atoms with Crippen molar-refractivity contribution in [2.75, 3.05) is 26.8 Å². The Morgan fingerprint density at radius 3 is 2.80 bits per heavy atom. The molecule has 7 heteroatoms. The van der Waals surface area contributed by atoms with Crippen molar-refractivity contribution >= 4 is 5.65 Å². The summed E-state index contributed by atoms with van der Waals surface area (Å²) in [6, 6.07) is 3.21. The molecular weight excluding hydrogens is 260 g/mol. The van der Waals surface area contributed by atoms with Gasteiger partial charge >= 0.3 is 0 Å². The molecule has 0 aliphatic rings. The highest BCUT2D eigenvalue weighted by molar-refractivity contribution is 5.36.